The largest absolute Gasteiger partial charge is 0.497 e. The van der Waals surface area contributed by atoms with Crippen LogP contribution >= 0.6 is 0 Å². The number of carbonyl (C=O) groups is 1. The maximum absolute atomic E-state index is 13.9. The van der Waals surface area contributed by atoms with Crippen molar-refractivity contribution < 1.29 is 18.3 Å². The molecule has 0 aliphatic heterocycles. The highest BCUT2D eigenvalue weighted by molar-refractivity contribution is 6.10. The minimum Gasteiger partial charge on any atom is -0.497 e. The fourth-order valence-corrected chi connectivity index (χ4v) is 3.39. The molecule has 4 rings (SSSR count). The van der Waals surface area contributed by atoms with E-state index in [2.05, 4.69) is 0 Å². The number of halogens is 2. The Kier molecular flexibility index (Phi) is 5.14. The fourth-order valence-electron chi connectivity index (χ4n) is 3.39. The zero-order chi connectivity index (χ0) is 21.3. The third-order valence-corrected chi connectivity index (χ3v) is 4.88. The van der Waals surface area contributed by atoms with Crippen LogP contribution in [0.4, 0.5) is 8.78 Å². The van der Waals surface area contributed by atoms with E-state index in [1.807, 2.05) is 0 Å². The predicted octanol–water partition coefficient (Wildman–Crippen LogP) is 4.57. The summed E-state index contributed by atoms with van der Waals surface area (Å²) in [6.07, 6.45) is 1.44. The van der Waals surface area contributed by atoms with Crippen LogP contribution in [0, 0.1) is 11.6 Å². The molecule has 0 radical (unpaired) electrons. The topological polar surface area (TPSA) is 48.3 Å². The maximum Gasteiger partial charge on any atom is 0.200 e. The summed E-state index contributed by atoms with van der Waals surface area (Å²) in [4.78, 5) is 26.0. The van der Waals surface area contributed by atoms with E-state index >= 15 is 0 Å². The van der Waals surface area contributed by atoms with Crippen LogP contribution in [-0.4, -0.2) is 17.5 Å². The van der Waals surface area contributed by atoms with Gasteiger partial charge in [-0.05, 0) is 60.2 Å². The number of aromatic nitrogens is 1. The average molecular weight is 405 g/mol. The Bertz CT molecular complexity index is 1310. The van der Waals surface area contributed by atoms with Crippen LogP contribution in [-0.2, 0) is 6.54 Å². The molecule has 0 N–H and O–H groups in total. The zero-order valence-corrected chi connectivity index (χ0v) is 16.1. The molecule has 0 amide bonds. The van der Waals surface area contributed by atoms with Gasteiger partial charge in [0.25, 0.3) is 0 Å². The first kappa shape index (κ1) is 19.5. The number of rotatable bonds is 5. The summed E-state index contributed by atoms with van der Waals surface area (Å²) in [7, 11) is 1.51. The molecule has 4 nitrogen and oxygen atoms in total. The van der Waals surface area contributed by atoms with Gasteiger partial charge in [-0.15, -0.1) is 0 Å². The number of carbonyl (C=O) groups excluding carboxylic acids is 1. The van der Waals surface area contributed by atoms with Crippen molar-refractivity contribution in [1.29, 1.82) is 0 Å². The lowest BCUT2D eigenvalue weighted by molar-refractivity contribution is 0.103. The van der Waals surface area contributed by atoms with Crippen molar-refractivity contribution in [2.45, 2.75) is 6.54 Å². The molecule has 0 fully saturated rings. The molecule has 4 aromatic rings. The van der Waals surface area contributed by atoms with Gasteiger partial charge in [0.15, 0.2) is 5.78 Å². The van der Waals surface area contributed by atoms with E-state index in [0.717, 1.165) is 6.07 Å². The van der Waals surface area contributed by atoms with Gasteiger partial charge in [0, 0.05) is 23.7 Å². The molecule has 0 saturated heterocycles. The second-order valence-electron chi connectivity index (χ2n) is 6.85. The highest BCUT2D eigenvalue weighted by atomic mass is 19.1. The normalized spacial score (nSPS) is 10.9. The number of nitrogens with zero attached hydrogens (tertiary/aromatic N) is 1. The SMILES string of the molecule is COc1ccc(C(=O)c2cn(Cc3cccc(F)c3)c3ccc(F)cc3c2=O)cc1. The van der Waals surface area contributed by atoms with Crippen LogP contribution < -0.4 is 10.2 Å². The van der Waals surface area contributed by atoms with Crippen LogP contribution in [0.1, 0.15) is 21.5 Å². The van der Waals surface area contributed by atoms with Gasteiger partial charge in [-0.2, -0.15) is 0 Å². The van der Waals surface area contributed by atoms with Gasteiger partial charge in [0.2, 0.25) is 5.43 Å². The standard InChI is InChI=1S/C24H17F2NO3/c1-30-19-8-5-16(6-9-19)23(28)21-14-27(13-15-3-2-4-17(25)11-15)22-10-7-18(26)12-20(22)24(21)29/h2-12,14H,13H2,1H3. The van der Waals surface area contributed by atoms with E-state index in [0.29, 0.717) is 22.4 Å². The number of fused-ring (bicyclic) bond motifs is 1. The number of hydrogen-bond acceptors (Lipinski definition) is 3. The van der Waals surface area contributed by atoms with Gasteiger partial charge < -0.3 is 9.30 Å². The van der Waals surface area contributed by atoms with Crippen molar-refractivity contribution in [3.05, 3.63) is 111 Å². The summed E-state index contributed by atoms with van der Waals surface area (Å²) in [5, 5.41) is 0.0887. The first-order valence-corrected chi connectivity index (χ1v) is 9.22. The van der Waals surface area contributed by atoms with E-state index in [1.165, 1.54) is 37.6 Å². The third-order valence-electron chi connectivity index (χ3n) is 4.88. The van der Waals surface area contributed by atoms with Gasteiger partial charge in [0.1, 0.15) is 17.4 Å². The highest BCUT2D eigenvalue weighted by Crippen LogP contribution is 2.19. The molecule has 1 aromatic heterocycles. The van der Waals surface area contributed by atoms with Crippen molar-refractivity contribution >= 4 is 16.7 Å². The van der Waals surface area contributed by atoms with E-state index < -0.39 is 22.8 Å². The second-order valence-corrected chi connectivity index (χ2v) is 6.85. The Morgan fingerprint density at radius 3 is 2.40 bits per heavy atom. The molecule has 30 heavy (non-hydrogen) atoms. The number of pyridine rings is 1. The third kappa shape index (κ3) is 3.72. The van der Waals surface area contributed by atoms with Crippen molar-refractivity contribution in [2.24, 2.45) is 0 Å². The summed E-state index contributed by atoms with van der Waals surface area (Å²) in [6.45, 7) is 0.211. The first-order chi connectivity index (χ1) is 14.5. The van der Waals surface area contributed by atoms with Gasteiger partial charge in [-0.3, -0.25) is 9.59 Å². The Balaban J connectivity index is 1.87. The van der Waals surface area contributed by atoms with Crippen LogP contribution in [0.5, 0.6) is 5.75 Å². The quantitative estimate of drug-likeness (QED) is 0.457. The molecular formula is C24H17F2NO3. The molecule has 0 aliphatic rings. The lowest BCUT2D eigenvalue weighted by Crippen LogP contribution is -2.20. The zero-order valence-electron chi connectivity index (χ0n) is 16.1. The smallest absolute Gasteiger partial charge is 0.200 e. The summed E-state index contributed by atoms with van der Waals surface area (Å²) in [6, 6.07) is 16.2. The van der Waals surface area contributed by atoms with Crippen LogP contribution in [0.25, 0.3) is 10.9 Å². The monoisotopic (exact) mass is 405 g/mol. The second kappa shape index (κ2) is 7.91. The Hall–Kier alpha value is -3.80. The minimum atomic E-state index is -0.578. The Morgan fingerprint density at radius 1 is 0.967 bits per heavy atom. The molecule has 0 aliphatic carbocycles. The van der Waals surface area contributed by atoms with Crippen molar-refractivity contribution in [1.82, 2.24) is 4.57 Å². The average Bonchev–Trinajstić information content (AvgIpc) is 2.75. The Labute approximate surface area is 171 Å². The summed E-state index contributed by atoms with van der Waals surface area (Å²) < 4.78 is 34.2. The van der Waals surface area contributed by atoms with Crippen LogP contribution in [0.3, 0.4) is 0 Å². The molecule has 0 unspecified atom stereocenters. The minimum absolute atomic E-state index is 0.0883. The van der Waals surface area contributed by atoms with E-state index in [4.69, 9.17) is 4.74 Å². The first-order valence-electron chi connectivity index (χ1n) is 9.22. The lowest BCUT2D eigenvalue weighted by Gasteiger charge is -2.14. The molecule has 1 heterocycles. The lowest BCUT2D eigenvalue weighted by atomic mass is 10.0. The van der Waals surface area contributed by atoms with E-state index in [-0.39, 0.29) is 17.5 Å². The fraction of sp³-hybridized carbons (Fsp3) is 0.0833. The molecule has 6 heteroatoms. The van der Waals surface area contributed by atoms with Crippen LogP contribution in [0.2, 0.25) is 0 Å². The number of ether oxygens (including phenoxy) is 1. The molecule has 3 aromatic carbocycles. The van der Waals surface area contributed by atoms with Gasteiger partial charge in [-0.25, -0.2) is 8.78 Å². The molecular weight excluding hydrogens is 388 g/mol. The van der Waals surface area contributed by atoms with Crippen molar-refractivity contribution in [2.75, 3.05) is 7.11 Å². The molecule has 0 atom stereocenters. The molecule has 0 saturated carbocycles. The molecule has 0 bridgehead atoms. The summed E-state index contributed by atoms with van der Waals surface area (Å²) in [5.41, 5.74) is 0.764. The Morgan fingerprint density at radius 2 is 1.70 bits per heavy atom. The van der Waals surface area contributed by atoms with Gasteiger partial charge >= 0.3 is 0 Å². The molecule has 0 spiro atoms. The van der Waals surface area contributed by atoms with Gasteiger partial charge in [-0.1, -0.05) is 12.1 Å². The highest BCUT2D eigenvalue weighted by Gasteiger charge is 2.18. The number of benzene rings is 3. The van der Waals surface area contributed by atoms with Crippen molar-refractivity contribution in [3.63, 3.8) is 0 Å². The van der Waals surface area contributed by atoms with E-state index in [9.17, 15) is 18.4 Å². The number of methoxy groups -OCH3 is 1. The van der Waals surface area contributed by atoms with Crippen molar-refractivity contribution in [3.8, 4) is 5.75 Å². The predicted molar refractivity (Wildman–Crippen MR) is 110 cm³/mol. The van der Waals surface area contributed by atoms with Crippen LogP contribution in [0.15, 0.2) is 77.7 Å². The van der Waals surface area contributed by atoms with E-state index in [1.54, 1.807) is 41.0 Å². The number of ketones is 1. The summed E-state index contributed by atoms with van der Waals surface area (Å²) >= 11 is 0. The van der Waals surface area contributed by atoms with Gasteiger partial charge in [0.05, 0.1) is 18.2 Å². The molecule has 150 valence electrons. The maximum atomic E-state index is 13.9. The summed E-state index contributed by atoms with van der Waals surface area (Å²) in [5.74, 6) is -0.873. The number of hydrogen-bond donors (Lipinski definition) is 0.